The normalized spacial score (nSPS) is 18.9. The van der Waals surface area contributed by atoms with Crippen LogP contribution in [0.5, 0.6) is 5.75 Å². The molecule has 0 aliphatic carbocycles. The number of nitrogens with one attached hydrogen (secondary N) is 2. The minimum atomic E-state index is 0.710. The highest BCUT2D eigenvalue weighted by Crippen LogP contribution is 2.22. The molecule has 18 heavy (non-hydrogen) atoms. The minimum Gasteiger partial charge on any atom is -0.494 e. The third-order valence-electron chi connectivity index (χ3n) is 3.46. The molecule has 0 amide bonds. The van der Waals surface area contributed by atoms with Crippen molar-refractivity contribution >= 4 is 5.69 Å². The first kappa shape index (κ1) is 13.2. The molecule has 100 valence electrons. The van der Waals surface area contributed by atoms with E-state index in [1.165, 1.54) is 37.1 Å². The summed E-state index contributed by atoms with van der Waals surface area (Å²) in [6.45, 7) is 7.05. The van der Waals surface area contributed by atoms with E-state index in [4.69, 9.17) is 4.74 Å². The van der Waals surface area contributed by atoms with E-state index >= 15 is 0 Å². The van der Waals surface area contributed by atoms with Crippen LogP contribution in [0, 0.1) is 6.92 Å². The van der Waals surface area contributed by atoms with E-state index in [9.17, 15) is 0 Å². The largest absolute Gasteiger partial charge is 0.494 e. The lowest BCUT2D eigenvalue weighted by molar-refractivity contribution is 0.338. The molecule has 0 spiro atoms. The summed E-state index contributed by atoms with van der Waals surface area (Å²) in [5.74, 6) is 0.987. The van der Waals surface area contributed by atoms with Crippen molar-refractivity contribution in [3.63, 3.8) is 0 Å². The van der Waals surface area contributed by atoms with Crippen LogP contribution >= 0.6 is 0 Å². The van der Waals surface area contributed by atoms with Crippen molar-refractivity contribution in [2.45, 2.75) is 39.2 Å². The Balaban J connectivity index is 1.80. The van der Waals surface area contributed by atoms with Crippen LogP contribution in [0.2, 0.25) is 0 Å². The van der Waals surface area contributed by atoms with Crippen molar-refractivity contribution in [3.8, 4) is 5.75 Å². The van der Waals surface area contributed by atoms with Gasteiger partial charge in [-0.05, 0) is 63.4 Å². The van der Waals surface area contributed by atoms with Gasteiger partial charge in [0.05, 0.1) is 6.61 Å². The van der Waals surface area contributed by atoms with Crippen LogP contribution in [0.4, 0.5) is 5.69 Å². The van der Waals surface area contributed by atoms with E-state index in [0.717, 1.165) is 18.9 Å². The summed E-state index contributed by atoms with van der Waals surface area (Å²) in [4.78, 5) is 0. The molecule has 1 aliphatic heterocycles. The van der Waals surface area contributed by atoms with Crippen LogP contribution in [-0.4, -0.2) is 25.7 Å². The maximum Gasteiger partial charge on any atom is 0.122 e. The minimum absolute atomic E-state index is 0.710. The third kappa shape index (κ3) is 3.64. The zero-order chi connectivity index (χ0) is 12.8. The van der Waals surface area contributed by atoms with Gasteiger partial charge in [-0.1, -0.05) is 0 Å². The Morgan fingerprint density at radius 3 is 3.00 bits per heavy atom. The maximum atomic E-state index is 5.54. The highest BCUT2D eigenvalue weighted by Gasteiger charge is 2.12. The Morgan fingerprint density at radius 2 is 2.33 bits per heavy atom. The molecule has 0 radical (unpaired) electrons. The SMILES string of the molecule is CCOc1ccc(NCCC2CCCN2)cc1C. The van der Waals surface area contributed by atoms with Gasteiger partial charge in [0.1, 0.15) is 5.75 Å². The van der Waals surface area contributed by atoms with Crippen LogP contribution in [0.15, 0.2) is 18.2 Å². The highest BCUT2D eigenvalue weighted by atomic mass is 16.5. The van der Waals surface area contributed by atoms with Crippen molar-refractivity contribution in [1.82, 2.24) is 5.32 Å². The summed E-state index contributed by atoms with van der Waals surface area (Å²) in [6.07, 6.45) is 3.85. The van der Waals surface area contributed by atoms with Gasteiger partial charge in [0.15, 0.2) is 0 Å². The standard InChI is InChI=1S/C15H24N2O/c1-3-18-15-7-6-14(11-12(15)2)17-10-8-13-5-4-9-16-13/h6-7,11,13,16-17H,3-5,8-10H2,1-2H3. The van der Waals surface area contributed by atoms with Crippen molar-refractivity contribution < 1.29 is 4.74 Å². The van der Waals surface area contributed by atoms with Crippen LogP contribution in [0.25, 0.3) is 0 Å². The average molecular weight is 248 g/mol. The van der Waals surface area contributed by atoms with Crippen molar-refractivity contribution in [1.29, 1.82) is 0 Å². The molecule has 2 N–H and O–H groups in total. The topological polar surface area (TPSA) is 33.3 Å². The van der Waals surface area contributed by atoms with Gasteiger partial charge in [-0.15, -0.1) is 0 Å². The number of aryl methyl sites for hydroxylation is 1. The maximum absolute atomic E-state index is 5.54. The summed E-state index contributed by atoms with van der Waals surface area (Å²) >= 11 is 0. The molecule has 3 nitrogen and oxygen atoms in total. The fraction of sp³-hybridized carbons (Fsp3) is 0.600. The van der Waals surface area contributed by atoms with E-state index in [-0.39, 0.29) is 0 Å². The molecule has 1 fully saturated rings. The summed E-state index contributed by atoms with van der Waals surface area (Å²) in [6, 6.07) is 7.02. The predicted octanol–water partition coefficient (Wildman–Crippen LogP) is 2.95. The van der Waals surface area contributed by atoms with Crippen LogP contribution in [0.3, 0.4) is 0 Å². The molecular weight excluding hydrogens is 224 g/mol. The molecular formula is C15H24N2O. The van der Waals surface area contributed by atoms with E-state index in [0.29, 0.717) is 6.04 Å². The monoisotopic (exact) mass is 248 g/mol. The third-order valence-corrected chi connectivity index (χ3v) is 3.46. The first-order chi connectivity index (χ1) is 8.79. The van der Waals surface area contributed by atoms with E-state index < -0.39 is 0 Å². The van der Waals surface area contributed by atoms with Gasteiger partial charge in [-0.3, -0.25) is 0 Å². The number of ether oxygens (including phenoxy) is 1. The van der Waals surface area contributed by atoms with Gasteiger partial charge < -0.3 is 15.4 Å². The molecule has 1 atom stereocenters. The summed E-state index contributed by atoms with van der Waals surface area (Å²) < 4.78 is 5.54. The first-order valence-electron chi connectivity index (χ1n) is 7.00. The number of hydrogen-bond acceptors (Lipinski definition) is 3. The lowest BCUT2D eigenvalue weighted by Gasteiger charge is -2.13. The Kier molecular flexibility index (Phi) is 4.88. The summed E-state index contributed by atoms with van der Waals surface area (Å²) in [7, 11) is 0. The molecule has 0 bridgehead atoms. The van der Waals surface area contributed by atoms with Crippen LogP contribution in [0.1, 0.15) is 31.7 Å². The van der Waals surface area contributed by atoms with E-state index in [1.807, 2.05) is 6.92 Å². The molecule has 1 aromatic rings. The predicted molar refractivity (Wildman–Crippen MR) is 76.5 cm³/mol. The van der Waals surface area contributed by atoms with Gasteiger partial charge >= 0.3 is 0 Å². The van der Waals surface area contributed by atoms with Gasteiger partial charge in [0.2, 0.25) is 0 Å². The van der Waals surface area contributed by atoms with Crippen molar-refractivity contribution in [2.75, 3.05) is 25.0 Å². The number of anilines is 1. The quantitative estimate of drug-likeness (QED) is 0.812. The Hall–Kier alpha value is -1.22. The van der Waals surface area contributed by atoms with Crippen LogP contribution < -0.4 is 15.4 Å². The Morgan fingerprint density at radius 1 is 1.44 bits per heavy atom. The lowest BCUT2D eigenvalue weighted by atomic mass is 10.1. The van der Waals surface area contributed by atoms with Crippen molar-refractivity contribution in [3.05, 3.63) is 23.8 Å². The van der Waals surface area contributed by atoms with E-state index in [2.05, 4.69) is 35.8 Å². The first-order valence-corrected chi connectivity index (χ1v) is 7.00. The molecule has 0 aromatic heterocycles. The zero-order valence-electron chi connectivity index (χ0n) is 11.5. The molecule has 1 saturated heterocycles. The molecule has 3 heteroatoms. The molecule has 0 saturated carbocycles. The molecule has 1 aromatic carbocycles. The number of benzene rings is 1. The molecule has 1 heterocycles. The fourth-order valence-electron chi connectivity index (χ4n) is 2.47. The van der Waals surface area contributed by atoms with E-state index in [1.54, 1.807) is 0 Å². The second-order valence-electron chi connectivity index (χ2n) is 4.92. The lowest BCUT2D eigenvalue weighted by Crippen LogP contribution is -2.24. The number of rotatable bonds is 6. The number of hydrogen-bond donors (Lipinski definition) is 2. The van der Waals surface area contributed by atoms with Gasteiger partial charge in [0.25, 0.3) is 0 Å². The smallest absolute Gasteiger partial charge is 0.122 e. The molecule has 1 unspecified atom stereocenters. The summed E-state index contributed by atoms with van der Waals surface area (Å²) in [5, 5.41) is 7.01. The molecule has 1 aliphatic rings. The zero-order valence-corrected chi connectivity index (χ0v) is 11.5. The van der Waals surface area contributed by atoms with Crippen LogP contribution in [-0.2, 0) is 0 Å². The Bertz CT molecular complexity index is 373. The second kappa shape index (κ2) is 6.64. The van der Waals surface area contributed by atoms with Gasteiger partial charge in [-0.25, -0.2) is 0 Å². The molecule has 2 rings (SSSR count). The van der Waals surface area contributed by atoms with Gasteiger partial charge in [0, 0.05) is 18.3 Å². The summed E-state index contributed by atoms with van der Waals surface area (Å²) in [5.41, 5.74) is 2.38. The Labute approximate surface area is 110 Å². The fourth-order valence-corrected chi connectivity index (χ4v) is 2.47. The highest BCUT2D eigenvalue weighted by molar-refractivity contribution is 5.50. The van der Waals surface area contributed by atoms with Gasteiger partial charge in [-0.2, -0.15) is 0 Å². The average Bonchev–Trinajstić information content (AvgIpc) is 2.86. The van der Waals surface area contributed by atoms with Crippen molar-refractivity contribution in [2.24, 2.45) is 0 Å². The second-order valence-corrected chi connectivity index (χ2v) is 4.92.